The molecule has 1 fully saturated rings. The predicted molar refractivity (Wildman–Crippen MR) is 99.0 cm³/mol. The second kappa shape index (κ2) is 8.84. The standard InChI is InChI=1S/C21H25FN2O3/c1-2-11-23(21(26)17-7-8-17)15-20(25)24(14-19-4-3-12-27-19)13-16-5-9-18(22)10-6-16/h3-6,9-10,12,17H,2,7-8,11,13-15H2,1H3. The van der Waals surface area contributed by atoms with Gasteiger partial charge in [0.15, 0.2) is 0 Å². The minimum Gasteiger partial charge on any atom is -0.467 e. The van der Waals surface area contributed by atoms with Gasteiger partial charge in [-0.05, 0) is 49.1 Å². The van der Waals surface area contributed by atoms with Crippen molar-refractivity contribution in [3.05, 3.63) is 59.8 Å². The van der Waals surface area contributed by atoms with Gasteiger partial charge in [0.05, 0.1) is 19.4 Å². The van der Waals surface area contributed by atoms with Crippen molar-refractivity contribution >= 4 is 11.8 Å². The number of carbonyl (C=O) groups excluding carboxylic acids is 2. The van der Waals surface area contributed by atoms with Gasteiger partial charge in [-0.25, -0.2) is 4.39 Å². The third kappa shape index (κ3) is 5.42. The summed E-state index contributed by atoms with van der Waals surface area (Å²) in [7, 11) is 0. The second-order valence-electron chi connectivity index (χ2n) is 6.99. The molecule has 27 heavy (non-hydrogen) atoms. The lowest BCUT2D eigenvalue weighted by Gasteiger charge is -2.27. The fourth-order valence-corrected chi connectivity index (χ4v) is 3.02. The minimum atomic E-state index is -0.313. The average molecular weight is 372 g/mol. The number of carbonyl (C=O) groups is 2. The maximum atomic E-state index is 13.2. The maximum absolute atomic E-state index is 13.2. The van der Waals surface area contributed by atoms with Gasteiger partial charge in [0.2, 0.25) is 11.8 Å². The summed E-state index contributed by atoms with van der Waals surface area (Å²) in [6.07, 6.45) is 4.20. The molecule has 0 unspecified atom stereocenters. The molecule has 0 N–H and O–H groups in total. The van der Waals surface area contributed by atoms with Gasteiger partial charge in [0, 0.05) is 19.0 Å². The second-order valence-corrected chi connectivity index (χ2v) is 6.99. The number of rotatable bonds is 9. The van der Waals surface area contributed by atoms with Crippen LogP contribution in [-0.2, 0) is 22.7 Å². The Hall–Kier alpha value is -2.63. The normalized spacial score (nSPS) is 13.4. The molecule has 1 saturated carbocycles. The van der Waals surface area contributed by atoms with Crippen LogP contribution in [0.5, 0.6) is 0 Å². The molecule has 2 aromatic rings. The molecular weight excluding hydrogens is 347 g/mol. The minimum absolute atomic E-state index is 0.0606. The van der Waals surface area contributed by atoms with Crippen molar-refractivity contribution in [1.29, 1.82) is 0 Å². The monoisotopic (exact) mass is 372 g/mol. The van der Waals surface area contributed by atoms with Gasteiger partial charge in [-0.15, -0.1) is 0 Å². The first-order valence-corrected chi connectivity index (χ1v) is 9.40. The van der Waals surface area contributed by atoms with Gasteiger partial charge in [-0.3, -0.25) is 9.59 Å². The van der Waals surface area contributed by atoms with E-state index in [0.29, 0.717) is 25.4 Å². The Morgan fingerprint density at radius 1 is 1.11 bits per heavy atom. The van der Waals surface area contributed by atoms with Gasteiger partial charge in [0.25, 0.3) is 0 Å². The van der Waals surface area contributed by atoms with E-state index < -0.39 is 0 Å². The van der Waals surface area contributed by atoms with Crippen molar-refractivity contribution in [3.63, 3.8) is 0 Å². The number of furan rings is 1. The Morgan fingerprint density at radius 3 is 2.44 bits per heavy atom. The number of hydrogen-bond donors (Lipinski definition) is 0. The van der Waals surface area contributed by atoms with Crippen LogP contribution in [0.15, 0.2) is 47.1 Å². The third-order valence-electron chi connectivity index (χ3n) is 4.62. The molecule has 0 radical (unpaired) electrons. The number of halogens is 1. The van der Waals surface area contributed by atoms with Crippen molar-refractivity contribution in [2.45, 2.75) is 39.3 Å². The summed E-state index contributed by atoms with van der Waals surface area (Å²) in [5.74, 6) is 0.371. The summed E-state index contributed by atoms with van der Waals surface area (Å²) in [6, 6.07) is 9.67. The summed E-state index contributed by atoms with van der Waals surface area (Å²) in [5.41, 5.74) is 0.826. The molecule has 144 valence electrons. The van der Waals surface area contributed by atoms with E-state index in [1.807, 2.05) is 13.0 Å². The van der Waals surface area contributed by atoms with Gasteiger partial charge < -0.3 is 14.2 Å². The van der Waals surface area contributed by atoms with E-state index >= 15 is 0 Å². The highest BCUT2D eigenvalue weighted by molar-refractivity contribution is 5.87. The zero-order valence-electron chi connectivity index (χ0n) is 15.6. The van der Waals surface area contributed by atoms with Crippen LogP contribution in [0.4, 0.5) is 4.39 Å². The number of amides is 2. The molecule has 1 aliphatic rings. The van der Waals surface area contributed by atoms with Crippen LogP contribution in [0.25, 0.3) is 0 Å². The molecule has 0 saturated heterocycles. The largest absolute Gasteiger partial charge is 0.467 e. The molecular formula is C21H25FN2O3. The smallest absolute Gasteiger partial charge is 0.242 e. The molecule has 1 aromatic heterocycles. The zero-order valence-corrected chi connectivity index (χ0v) is 15.6. The quantitative estimate of drug-likeness (QED) is 0.676. The Balaban J connectivity index is 1.72. The zero-order chi connectivity index (χ0) is 19.2. The molecule has 1 aromatic carbocycles. The number of nitrogens with zero attached hydrogens (tertiary/aromatic N) is 2. The van der Waals surface area contributed by atoms with Crippen LogP contribution in [-0.4, -0.2) is 34.7 Å². The van der Waals surface area contributed by atoms with E-state index in [-0.39, 0.29) is 30.1 Å². The van der Waals surface area contributed by atoms with E-state index in [4.69, 9.17) is 4.42 Å². The average Bonchev–Trinajstić information content (AvgIpc) is 3.39. The van der Waals surface area contributed by atoms with Crippen molar-refractivity contribution in [3.8, 4) is 0 Å². The van der Waals surface area contributed by atoms with E-state index in [1.165, 1.54) is 12.1 Å². The molecule has 6 heteroatoms. The number of benzene rings is 1. The van der Waals surface area contributed by atoms with Crippen LogP contribution in [0.2, 0.25) is 0 Å². The third-order valence-corrected chi connectivity index (χ3v) is 4.62. The van der Waals surface area contributed by atoms with Crippen molar-refractivity contribution in [2.24, 2.45) is 5.92 Å². The molecule has 1 aliphatic carbocycles. The molecule has 0 spiro atoms. The Kier molecular flexibility index (Phi) is 6.27. The predicted octanol–water partition coefficient (Wildman–Crippen LogP) is 3.60. The fourth-order valence-electron chi connectivity index (χ4n) is 3.02. The van der Waals surface area contributed by atoms with Crippen LogP contribution in [0, 0.1) is 11.7 Å². The van der Waals surface area contributed by atoms with Crippen LogP contribution in [0.1, 0.15) is 37.5 Å². The fraction of sp³-hybridized carbons (Fsp3) is 0.429. The Labute approximate surface area is 158 Å². The van der Waals surface area contributed by atoms with Crippen molar-refractivity contribution < 1.29 is 18.4 Å². The van der Waals surface area contributed by atoms with E-state index in [9.17, 15) is 14.0 Å². The first kappa shape index (κ1) is 19.1. The van der Waals surface area contributed by atoms with Crippen LogP contribution in [0.3, 0.4) is 0 Å². The van der Waals surface area contributed by atoms with Crippen LogP contribution < -0.4 is 0 Å². The molecule has 0 aliphatic heterocycles. The van der Waals surface area contributed by atoms with Crippen molar-refractivity contribution in [2.75, 3.05) is 13.1 Å². The lowest BCUT2D eigenvalue weighted by molar-refractivity contribution is -0.142. The highest BCUT2D eigenvalue weighted by Gasteiger charge is 2.34. The van der Waals surface area contributed by atoms with Crippen LogP contribution >= 0.6 is 0 Å². The van der Waals surface area contributed by atoms with Gasteiger partial charge in [0.1, 0.15) is 11.6 Å². The lowest BCUT2D eigenvalue weighted by atomic mass is 10.2. The van der Waals surface area contributed by atoms with E-state index in [2.05, 4.69) is 0 Å². The molecule has 2 amide bonds. The van der Waals surface area contributed by atoms with E-state index in [0.717, 1.165) is 24.8 Å². The summed E-state index contributed by atoms with van der Waals surface area (Å²) in [5, 5.41) is 0. The van der Waals surface area contributed by atoms with E-state index in [1.54, 1.807) is 34.3 Å². The molecule has 5 nitrogen and oxygen atoms in total. The SMILES string of the molecule is CCCN(CC(=O)N(Cc1ccc(F)cc1)Cc1ccco1)C(=O)C1CC1. The first-order chi connectivity index (χ1) is 13.1. The highest BCUT2D eigenvalue weighted by atomic mass is 19.1. The topological polar surface area (TPSA) is 53.8 Å². The maximum Gasteiger partial charge on any atom is 0.242 e. The van der Waals surface area contributed by atoms with Gasteiger partial charge >= 0.3 is 0 Å². The molecule has 0 bridgehead atoms. The summed E-state index contributed by atoms with van der Waals surface area (Å²) >= 11 is 0. The lowest BCUT2D eigenvalue weighted by Crippen LogP contribution is -2.43. The summed E-state index contributed by atoms with van der Waals surface area (Å²) in [4.78, 5) is 28.8. The van der Waals surface area contributed by atoms with Gasteiger partial charge in [-0.1, -0.05) is 19.1 Å². The Bertz CT molecular complexity index is 754. The summed E-state index contributed by atoms with van der Waals surface area (Å²) < 4.78 is 18.6. The van der Waals surface area contributed by atoms with Gasteiger partial charge in [-0.2, -0.15) is 0 Å². The molecule has 3 rings (SSSR count). The molecule has 0 atom stereocenters. The summed E-state index contributed by atoms with van der Waals surface area (Å²) in [6.45, 7) is 3.27. The van der Waals surface area contributed by atoms with Crippen molar-refractivity contribution in [1.82, 2.24) is 9.80 Å². The number of hydrogen-bond acceptors (Lipinski definition) is 3. The molecule has 1 heterocycles. The Morgan fingerprint density at radius 2 is 1.85 bits per heavy atom. The first-order valence-electron chi connectivity index (χ1n) is 9.40. The highest BCUT2D eigenvalue weighted by Crippen LogP contribution is 2.31.